The molecule has 0 fully saturated rings. The number of rotatable bonds is 7. The molecule has 0 saturated carbocycles. The van der Waals surface area contributed by atoms with Gasteiger partial charge in [-0.1, -0.05) is 35.0 Å². The molecular formula is C14H19BrN2O3. The van der Waals surface area contributed by atoms with Crippen molar-refractivity contribution in [2.24, 2.45) is 5.92 Å². The Kier molecular flexibility index (Phi) is 7.08. The highest BCUT2D eigenvalue weighted by Crippen LogP contribution is 2.11. The van der Waals surface area contributed by atoms with Crippen LogP contribution in [0.4, 0.5) is 4.79 Å². The summed E-state index contributed by atoms with van der Waals surface area (Å²) in [6.07, 6.45) is 0.684. The first-order valence-electron chi connectivity index (χ1n) is 6.45. The van der Waals surface area contributed by atoms with Crippen molar-refractivity contribution in [3.05, 3.63) is 34.3 Å². The summed E-state index contributed by atoms with van der Waals surface area (Å²) in [5.41, 5.74) is 1.01. The Hall–Kier alpha value is -1.56. The van der Waals surface area contributed by atoms with E-state index in [0.29, 0.717) is 19.5 Å². The molecule has 6 heteroatoms. The van der Waals surface area contributed by atoms with Gasteiger partial charge in [0.1, 0.15) is 0 Å². The highest BCUT2D eigenvalue weighted by atomic mass is 79.9. The average molecular weight is 343 g/mol. The number of hydrogen-bond acceptors (Lipinski definition) is 2. The Morgan fingerprint density at radius 2 is 2.10 bits per heavy atom. The van der Waals surface area contributed by atoms with Crippen LogP contribution in [0.15, 0.2) is 28.7 Å². The van der Waals surface area contributed by atoms with Crippen LogP contribution in [0.3, 0.4) is 0 Å². The molecule has 1 rings (SSSR count). The minimum Gasteiger partial charge on any atom is -0.481 e. The number of aliphatic carboxylic acids is 1. The van der Waals surface area contributed by atoms with Gasteiger partial charge in [0.2, 0.25) is 0 Å². The molecule has 0 bridgehead atoms. The number of hydrogen-bond donors (Lipinski definition) is 3. The van der Waals surface area contributed by atoms with Crippen molar-refractivity contribution in [2.75, 3.05) is 6.54 Å². The van der Waals surface area contributed by atoms with Crippen LogP contribution in [0.5, 0.6) is 0 Å². The highest BCUT2D eigenvalue weighted by Gasteiger charge is 2.07. The van der Waals surface area contributed by atoms with Crippen molar-refractivity contribution in [1.29, 1.82) is 0 Å². The normalized spacial score (nSPS) is 11.7. The maximum absolute atomic E-state index is 11.6. The van der Waals surface area contributed by atoms with Gasteiger partial charge in [0.15, 0.2) is 0 Å². The molecule has 0 radical (unpaired) electrons. The van der Waals surface area contributed by atoms with Gasteiger partial charge in [0, 0.05) is 24.0 Å². The second kappa shape index (κ2) is 8.58. The predicted molar refractivity (Wildman–Crippen MR) is 80.4 cm³/mol. The number of halogens is 1. The third kappa shape index (κ3) is 7.13. The number of carbonyl (C=O) groups is 2. The van der Waals surface area contributed by atoms with Gasteiger partial charge in [0.25, 0.3) is 0 Å². The van der Waals surface area contributed by atoms with Crippen molar-refractivity contribution < 1.29 is 14.7 Å². The Labute approximate surface area is 126 Å². The molecule has 0 aromatic heterocycles. The Bertz CT molecular complexity index is 465. The zero-order chi connectivity index (χ0) is 15.0. The summed E-state index contributed by atoms with van der Waals surface area (Å²) >= 11 is 3.37. The van der Waals surface area contributed by atoms with Gasteiger partial charge in [-0.2, -0.15) is 0 Å². The van der Waals surface area contributed by atoms with Gasteiger partial charge in [-0.3, -0.25) is 4.79 Å². The van der Waals surface area contributed by atoms with Crippen molar-refractivity contribution in [3.8, 4) is 0 Å². The summed E-state index contributed by atoms with van der Waals surface area (Å²) < 4.78 is 0.972. The molecular weight excluding hydrogens is 324 g/mol. The van der Waals surface area contributed by atoms with Crippen LogP contribution in [0.1, 0.15) is 25.3 Å². The second-order valence-electron chi connectivity index (χ2n) is 4.73. The van der Waals surface area contributed by atoms with Crippen LogP contribution in [0, 0.1) is 5.92 Å². The minimum atomic E-state index is -0.809. The van der Waals surface area contributed by atoms with Crippen molar-refractivity contribution in [2.45, 2.75) is 26.3 Å². The first-order valence-corrected chi connectivity index (χ1v) is 7.24. The van der Waals surface area contributed by atoms with E-state index in [1.165, 1.54) is 0 Å². The molecule has 0 saturated heterocycles. The average Bonchev–Trinajstić information content (AvgIpc) is 2.40. The van der Waals surface area contributed by atoms with Crippen LogP contribution in [0.25, 0.3) is 0 Å². The lowest BCUT2D eigenvalue weighted by Crippen LogP contribution is -2.37. The van der Waals surface area contributed by atoms with Crippen molar-refractivity contribution >= 4 is 27.9 Å². The SMILES string of the molecule is CC(CCC(=O)O)CNC(=O)NCc1cccc(Br)c1. The third-order valence-electron chi connectivity index (χ3n) is 2.80. The fourth-order valence-corrected chi connectivity index (χ4v) is 2.08. The number of carboxylic acids is 1. The molecule has 0 aliphatic carbocycles. The quantitative estimate of drug-likeness (QED) is 0.712. The summed E-state index contributed by atoms with van der Waals surface area (Å²) in [5.74, 6) is -0.668. The van der Waals surface area contributed by atoms with Gasteiger partial charge in [-0.15, -0.1) is 0 Å². The van der Waals surface area contributed by atoms with E-state index in [2.05, 4.69) is 26.6 Å². The van der Waals surface area contributed by atoms with Crippen molar-refractivity contribution in [1.82, 2.24) is 10.6 Å². The monoisotopic (exact) mass is 342 g/mol. The lowest BCUT2D eigenvalue weighted by molar-refractivity contribution is -0.137. The molecule has 0 spiro atoms. The molecule has 2 amide bonds. The Morgan fingerprint density at radius 1 is 1.35 bits per heavy atom. The molecule has 0 aliphatic heterocycles. The number of amides is 2. The third-order valence-corrected chi connectivity index (χ3v) is 3.30. The van der Waals surface area contributed by atoms with Gasteiger partial charge in [0.05, 0.1) is 0 Å². The summed E-state index contributed by atoms with van der Waals surface area (Å²) in [5, 5.41) is 14.1. The van der Waals surface area contributed by atoms with Crippen LogP contribution < -0.4 is 10.6 Å². The van der Waals surface area contributed by atoms with Crippen LogP contribution in [-0.2, 0) is 11.3 Å². The van der Waals surface area contributed by atoms with E-state index in [1.54, 1.807) is 0 Å². The maximum Gasteiger partial charge on any atom is 0.315 e. The minimum absolute atomic E-state index is 0.127. The van der Waals surface area contributed by atoms with E-state index in [0.717, 1.165) is 10.0 Å². The van der Waals surface area contributed by atoms with Crippen LogP contribution in [-0.4, -0.2) is 23.7 Å². The molecule has 0 heterocycles. The first-order chi connectivity index (χ1) is 9.47. The van der Waals surface area contributed by atoms with Gasteiger partial charge < -0.3 is 15.7 Å². The molecule has 20 heavy (non-hydrogen) atoms. The first kappa shape index (κ1) is 16.5. The molecule has 1 unspecified atom stereocenters. The van der Waals surface area contributed by atoms with E-state index >= 15 is 0 Å². The van der Waals surface area contributed by atoms with E-state index in [-0.39, 0.29) is 18.4 Å². The maximum atomic E-state index is 11.6. The summed E-state index contributed by atoms with van der Waals surface area (Å²) in [6.45, 7) is 2.84. The van der Waals surface area contributed by atoms with E-state index in [9.17, 15) is 9.59 Å². The standard InChI is InChI=1S/C14H19BrN2O3/c1-10(5-6-13(18)19)8-16-14(20)17-9-11-3-2-4-12(15)7-11/h2-4,7,10H,5-6,8-9H2,1H3,(H,18,19)(H2,16,17,20). The van der Waals surface area contributed by atoms with Gasteiger partial charge >= 0.3 is 12.0 Å². The zero-order valence-electron chi connectivity index (χ0n) is 11.4. The zero-order valence-corrected chi connectivity index (χ0v) is 12.9. The highest BCUT2D eigenvalue weighted by molar-refractivity contribution is 9.10. The lowest BCUT2D eigenvalue weighted by atomic mass is 10.1. The summed E-state index contributed by atoms with van der Waals surface area (Å²) in [6, 6.07) is 7.46. The molecule has 110 valence electrons. The van der Waals surface area contributed by atoms with Crippen LogP contribution >= 0.6 is 15.9 Å². The summed E-state index contributed by atoms with van der Waals surface area (Å²) in [4.78, 5) is 22.0. The molecule has 5 nitrogen and oxygen atoms in total. The Morgan fingerprint density at radius 3 is 2.75 bits per heavy atom. The van der Waals surface area contributed by atoms with E-state index < -0.39 is 5.97 Å². The summed E-state index contributed by atoms with van der Waals surface area (Å²) in [7, 11) is 0. The smallest absolute Gasteiger partial charge is 0.315 e. The predicted octanol–water partition coefficient (Wildman–Crippen LogP) is 2.75. The van der Waals surface area contributed by atoms with Crippen LogP contribution in [0.2, 0.25) is 0 Å². The molecule has 1 aromatic rings. The fraction of sp³-hybridized carbons (Fsp3) is 0.429. The molecule has 1 aromatic carbocycles. The number of benzene rings is 1. The number of carboxylic acid groups (broad SMARTS) is 1. The number of carbonyl (C=O) groups excluding carboxylic acids is 1. The molecule has 3 N–H and O–H groups in total. The van der Waals surface area contributed by atoms with Gasteiger partial charge in [-0.05, 0) is 30.0 Å². The second-order valence-corrected chi connectivity index (χ2v) is 5.65. The van der Waals surface area contributed by atoms with Crippen molar-refractivity contribution in [3.63, 3.8) is 0 Å². The van der Waals surface area contributed by atoms with Gasteiger partial charge in [-0.25, -0.2) is 4.79 Å². The largest absolute Gasteiger partial charge is 0.481 e. The number of urea groups is 1. The molecule has 1 atom stereocenters. The number of nitrogens with one attached hydrogen (secondary N) is 2. The topological polar surface area (TPSA) is 78.4 Å². The van der Waals surface area contributed by atoms with E-state index in [4.69, 9.17) is 5.11 Å². The Balaban J connectivity index is 2.22. The fourth-order valence-electron chi connectivity index (χ4n) is 1.63. The molecule has 0 aliphatic rings. The lowest BCUT2D eigenvalue weighted by Gasteiger charge is -2.12. The van der Waals surface area contributed by atoms with E-state index in [1.807, 2.05) is 31.2 Å².